The van der Waals surface area contributed by atoms with Gasteiger partial charge in [-0.2, -0.15) is 0 Å². The van der Waals surface area contributed by atoms with Crippen LogP contribution in [0.5, 0.6) is 5.75 Å². The lowest BCUT2D eigenvalue weighted by molar-refractivity contribution is 0.0917. The molecule has 0 radical (unpaired) electrons. The fraction of sp³-hybridized carbons (Fsp3) is 0.300. The summed E-state index contributed by atoms with van der Waals surface area (Å²) in [5, 5.41) is 14.9. The number of halogens is 1. The molecule has 1 aromatic rings. The molecule has 5 heteroatoms. The van der Waals surface area contributed by atoms with Gasteiger partial charge in [0.1, 0.15) is 17.1 Å². The van der Waals surface area contributed by atoms with Gasteiger partial charge < -0.3 is 15.7 Å². The summed E-state index contributed by atoms with van der Waals surface area (Å²) in [5.74, 6) is -1.61. The Hall–Kier alpha value is -1.62. The van der Waals surface area contributed by atoms with Crippen LogP contribution in [0.1, 0.15) is 10.4 Å². The summed E-state index contributed by atoms with van der Waals surface area (Å²) >= 11 is 0. The maximum absolute atomic E-state index is 13.2. The molecule has 0 aliphatic carbocycles. The van der Waals surface area contributed by atoms with Crippen molar-refractivity contribution in [1.29, 1.82) is 0 Å². The van der Waals surface area contributed by atoms with Crippen LogP contribution in [0, 0.1) is 5.82 Å². The van der Waals surface area contributed by atoms with E-state index in [0.29, 0.717) is 13.1 Å². The van der Waals surface area contributed by atoms with Gasteiger partial charge in [0.05, 0.1) is 6.04 Å². The highest BCUT2D eigenvalue weighted by atomic mass is 19.1. The maximum atomic E-state index is 13.2. The molecule has 15 heavy (non-hydrogen) atoms. The van der Waals surface area contributed by atoms with Crippen LogP contribution >= 0.6 is 0 Å². The Morgan fingerprint density at radius 2 is 2.27 bits per heavy atom. The highest BCUT2D eigenvalue weighted by Crippen LogP contribution is 2.19. The van der Waals surface area contributed by atoms with Gasteiger partial charge in [0.15, 0.2) is 0 Å². The minimum absolute atomic E-state index is 0.0245. The first-order chi connectivity index (χ1) is 7.18. The number of carbonyl (C=O) groups excluding carboxylic acids is 1. The largest absolute Gasteiger partial charge is 0.507 e. The van der Waals surface area contributed by atoms with Gasteiger partial charge in [0, 0.05) is 13.1 Å². The number of hydrogen-bond acceptors (Lipinski definition) is 3. The molecule has 0 aromatic heterocycles. The Morgan fingerprint density at radius 3 is 2.80 bits per heavy atom. The van der Waals surface area contributed by atoms with Crippen LogP contribution in [0.4, 0.5) is 4.39 Å². The smallest absolute Gasteiger partial charge is 0.258 e. The number of phenolic OH excluding ortho intramolecular Hbond substituents is 1. The van der Waals surface area contributed by atoms with Crippen LogP contribution in [0.15, 0.2) is 18.2 Å². The Kier molecular flexibility index (Phi) is 2.55. The summed E-state index contributed by atoms with van der Waals surface area (Å²) in [6, 6.07) is 3.81. The molecule has 4 nitrogen and oxygen atoms in total. The van der Waals surface area contributed by atoms with Crippen molar-refractivity contribution in [3.8, 4) is 5.75 Å². The molecule has 0 spiro atoms. The second kappa shape index (κ2) is 3.86. The zero-order valence-corrected chi connectivity index (χ0v) is 7.96. The molecule has 1 aliphatic rings. The summed E-state index contributed by atoms with van der Waals surface area (Å²) in [5.41, 5.74) is -0.288. The van der Waals surface area contributed by atoms with Crippen molar-refractivity contribution < 1.29 is 14.3 Å². The van der Waals surface area contributed by atoms with E-state index in [1.165, 1.54) is 12.1 Å². The first-order valence-corrected chi connectivity index (χ1v) is 4.67. The molecule has 1 amide bonds. The SMILES string of the molecule is O=C(NC1CNC1)c1c(O)cccc1F. The van der Waals surface area contributed by atoms with Crippen molar-refractivity contribution in [1.82, 2.24) is 10.6 Å². The summed E-state index contributed by atoms with van der Waals surface area (Å²) in [6.45, 7) is 1.36. The van der Waals surface area contributed by atoms with Crippen LogP contribution in [0.3, 0.4) is 0 Å². The van der Waals surface area contributed by atoms with Crippen molar-refractivity contribution in [3.63, 3.8) is 0 Å². The normalized spacial score (nSPS) is 15.8. The first-order valence-electron chi connectivity index (χ1n) is 4.67. The van der Waals surface area contributed by atoms with Crippen molar-refractivity contribution in [2.24, 2.45) is 0 Å². The van der Waals surface area contributed by atoms with Crippen LogP contribution in [-0.2, 0) is 0 Å². The first kappa shape index (κ1) is 9.92. The number of carbonyl (C=O) groups is 1. The lowest BCUT2D eigenvalue weighted by Crippen LogP contribution is -2.57. The van der Waals surface area contributed by atoms with Gasteiger partial charge in [-0.3, -0.25) is 4.79 Å². The Labute approximate surface area is 86.1 Å². The average molecular weight is 210 g/mol. The molecule has 1 aliphatic heterocycles. The average Bonchev–Trinajstić information content (AvgIpc) is 2.11. The molecule has 1 fully saturated rings. The Bertz CT molecular complexity index is 371. The number of hydrogen-bond donors (Lipinski definition) is 3. The predicted octanol–water partition coefficient (Wildman–Crippen LogP) is 0.233. The topological polar surface area (TPSA) is 61.4 Å². The molecular weight excluding hydrogens is 199 g/mol. The zero-order valence-electron chi connectivity index (χ0n) is 7.96. The van der Waals surface area contributed by atoms with E-state index >= 15 is 0 Å². The third-order valence-electron chi connectivity index (χ3n) is 2.34. The second-order valence-electron chi connectivity index (χ2n) is 3.46. The molecular formula is C10H11FN2O2. The van der Waals surface area contributed by atoms with Gasteiger partial charge in [-0.25, -0.2) is 4.39 Å². The number of aromatic hydroxyl groups is 1. The van der Waals surface area contributed by atoms with Crippen molar-refractivity contribution in [2.75, 3.05) is 13.1 Å². The minimum Gasteiger partial charge on any atom is -0.507 e. The van der Waals surface area contributed by atoms with Crippen LogP contribution in [0.25, 0.3) is 0 Å². The monoisotopic (exact) mass is 210 g/mol. The van der Waals surface area contributed by atoms with Gasteiger partial charge in [0.25, 0.3) is 5.91 Å². The van der Waals surface area contributed by atoms with Crippen molar-refractivity contribution in [3.05, 3.63) is 29.6 Å². The van der Waals surface area contributed by atoms with E-state index in [-0.39, 0.29) is 17.4 Å². The molecule has 1 saturated heterocycles. The molecule has 3 N–H and O–H groups in total. The van der Waals surface area contributed by atoms with Gasteiger partial charge in [-0.05, 0) is 12.1 Å². The molecule has 2 rings (SSSR count). The second-order valence-corrected chi connectivity index (χ2v) is 3.46. The lowest BCUT2D eigenvalue weighted by Gasteiger charge is -2.28. The Balaban J connectivity index is 2.16. The molecule has 0 atom stereocenters. The van der Waals surface area contributed by atoms with E-state index in [9.17, 15) is 14.3 Å². The van der Waals surface area contributed by atoms with Gasteiger partial charge in [-0.15, -0.1) is 0 Å². The third-order valence-corrected chi connectivity index (χ3v) is 2.34. The van der Waals surface area contributed by atoms with E-state index in [1.54, 1.807) is 0 Å². The minimum atomic E-state index is -0.709. The number of phenols is 1. The van der Waals surface area contributed by atoms with Crippen molar-refractivity contribution >= 4 is 5.91 Å². The number of benzene rings is 1. The quantitative estimate of drug-likeness (QED) is 0.655. The number of rotatable bonds is 2. The fourth-order valence-corrected chi connectivity index (χ4v) is 1.39. The molecule has 0 unspecified atom stereocenters. The Morgan fingerprint density at radius 1 is 1.53 bits per heavy atom. The predicted molar refractivity (Wildman–Crippen MR) is 52.2 cm³/mol. The molecule has 0 saturated carbocycles. The number of amides is 1. The summed E-state index contributed by atoms with van der Waals surface area (Å²) in [7, 11) is 0. The molecule has 80 valence electrons. The third kappa shape index (κ3) is 1.92. The van der Waals surface area contributed by atoms with Crippen LogP contribution < -0.4 is 10.6 Å². The highest BCUT2D eigenvalue weighted by Gasteiger charge is 2.23. The fourth-order valence-electron chi connectivity index (χ4n) is 1.39. The van der Waals surface area contributed by atoms with Gasteiger partial charge in [-0.1, -0.05) is 6.07 Å². The maximum Gasteiger partial charge on any atom is 0.258 e. The summed E-state index contributed by atoms with van der Waals surface area (Å²) in [4.78, 5) is 11.6. The van der Waals surface area contributed by atoms with Crippen LogP contribution in [0.2, 0.25) is 0 Å². The highest BCUT2D eigenvalue weighted by molar-refractivity contribution is 5.97. The zero-order chi connectivity index (χ0) is 10.8. The molecule has 1 heterocycles. The van der Waals surface area contributed by atoms with Gasteiger partial charge in [0.2, 0.25) is 0 Å². The van der Waals surface area contributed by atoms with E-state index < -0.39 is 11.7 Å². The summed E-state index contributed by atoms with van der Waals surface area (Å²) < 4.78 is 13.2. The summed E-state index contributed by atoms with van der Waals surface area (Å²) in [6.07, 6.45) is 0. The van der Waals surface area contributed by atoms with E-state index in [0.717, 1.165) is 6.07 Å². The van der Waals surface area contributed by atoms with E-state index in [2.05, 4.69) is 10.6 Å². The van der Waals surface area contributed by atoms with E-state index in [1.807, 2.05) is 0 Å². The molecule has 0 bridgehead atoms. The van der Waals surface area contributed by atoms with E-state index in [4.69, 9.17) is 0 Å². The van der Waals surface area contributed by atoms with Crippen LogP contribution in [-0.4, -0.2) is 30.1 Å². The lowest BCUT2D eigenvalue weighted by atomic mass is 10.1. The number of nitrogens with one attached hydrogen (secondary N) is 2. The van der Waals surface area contributed by atoms with Crippen molar-refractivity contribution in [2.45, 2.75) is 6.04 Å². The van der Waals surface area contributed by atoms with Gasteiger partial charge >= 0.3 is 0 Å². The standard InChI is InChI=1S/C10H11FN2O2/c11-7-2-1-3-8(14)9(7)10(15)13-6-4-12-5-6/h1-3,6,12,14H,4-5H2,(H,13,15). The molecule has 1 aromatic carbocycles.